The second kappa shape index (κ2) is 5.52. The molecule has 0 radical (unpaired) electrons. The highest BCUT2D eigenvalue weighted by Gasteiger charge is 2.18. The van der Waals surface area contributed by atoms with Crippen molar-refractivity contribution < 1.29 is 8.78 Å². The first-order chi connectivity index (χ1) is 9.81. The fraction of sp³-hybridized carbons (Fsp3) is 0.188. The average molecular weight is 289 g/mol. The van der Waals surface area contributed by atoms with Crippen LogP contribution >= 0.6 is 0 Å². The molecular weight excluding hydrogens is 272 g/mol. The molecule has 0 atom stereocenters. The average Bonchev–Trinajstić information content (AvgIpc) is 2.37. The van der Waals surface area contributed by atoms with Gasteiger partial charge in [-0.05, 0) is 37.6 Å². The van der Waals surface area contributed by atoms with Crippen molar-refractivity contribution in [2.45, 2.75) is 13.8 Å². The van der Waals surface area contributed by atoms with Crippen molar-refractivity contribution in [3.8, 4) is 0 Å². The summed E-state index contributed by atoms with van der Waals surface area (Å²) in [6.07, 6.45) is 0. The summed E-state index contributed by atoms with van der Waals surface area (Å²) in [5, 5.41) is 7.26. The van der Waals surface area contributed by atoms with Crippen LogP contribution < -0.4 is 10.6 Å². The summed E-state index contributed by atoms with van der Waals surface area (Å²) in [5.74, 6) is -1.86. The minimum absolute atomic E-state index is 0.0304. The minimum atomic E-state index is -0.748. The van der Waals surface area contributed by atoms with Crippen molar-refractivity contribution >= 4 is 17.2 Å². The molecule has 0 amide bonds. The molecule has 110 valence electrons. The standard InChI is InChI=1S/C16H17F2N3/c1-9-4-5-14(10(2)6-9)21(3)15-12(17)7-11(16(19)20)8-13(15)18/h4-8H,1-3H3,(H3,19,20). The molecular formula is C16H17F2N3. The van der Waals surface area contributed by atoms with Gasteiger partial charge in [0.2, 0.25) is 0 Å². The van der Waals surface area contributed by atoms with E-state index in [1.807, 2.05) is 32.0 Å². The van der Waals surface area contributed by atoms with Crippen LogP contribution in [-0.4, -0.2) is 12.9 Å². The van der Waals surface area contributed by atoms with Crippen molar-refractivity contribution in [3.63, 3.8) is 0 Å². The number of hydrogen-bond donors (Lipinski definition) is 2. The van der Waals surface area contributed by atoms with Crippen molar-refractivity contribution in [1.29, 1.82) is 5.41 Å². The summed E-state index contributed by atoms with van der Waals surface area (Å²) in [6.45, 7) is 3.85. The minimum Gasteiger partial charge on any atom is -0.384 e. The number of nitrogen functional groups attached to an aromatic ring is 1. The molecule has 2 aromatic carbocycles. The Balaban J connectivity index is 2.53. The maximum atomic E-state index is 14.2. The number of nitrogens with two attached hydrogens (primary N) is 1. The van der Waals surface area contributed by atoms with Gasteiger partial charge in [-0.2, -0.15) is 0 Å². The second-order valence-corrected chi connectivity index (χ2v) is 5.05. The van der Waals surface area contributed by atoms with Crippen LogP contribution in [0.1, 0.15) is 16.7 Å². The molecule has 3 N–H and O–H groups in total. The smallest absolute Gasteiger partial charge is 0.150 e. The molecule has 0 heterocycles. The van der Waals surface area contributed by atoms with E-state index in [2.05, 4.69) is 0 Å². The molecule has 2 rings (SSSR count). The van der Waals surface area contributed by atoms with Gasteiger partial charge < -0.3 is 10.6 Å². The van der Waals surface area contributed by atoms with Crippen LogP contribution in [0.5, 0.6) is 0 Å². The normalized spacial score (nSPS) is 10.5. The molecule has 3 nitrogen and oxygen atoms in total. The van der Waals surface area contributed by atoms with Gasteiger partial charge in [0.1, 0.15) is 11.5 Å². The molecule has 21 heavy (non-hydrogen) atoms. The van der Waals surface area contributed by atoms with Gasteiger partial charge in [-0.15, -0.1) is 0 Å². The number of anilines is 2. The maximum absolute atomic E-state index is 14.2. The van der Waals surface area contributed by atoms with E-state index in [1.54, 1.807) is 7.05 Å². The monoisotopic (exact) mass is 289 g/mol. The van der Waals surface area contributed by atoms with Crippen LogP contribution in [0.3, 0.4) is 0 Å². The first kappa shape index (κ1) is 15.0. The largest absolute Gasteiger partial charge is 0.384 e. The Kier molecular flexibility index (Phi) is 3.93. The Labute approximate surface area is 122 Å². The molecule has 0 saturated heterocycles. The lowest BCUT2D eigenvalue weighted by molar-refractivity contribution is 0.583. The van der Waals surface area contributed by atoms with Gasteiger partial charge in [0.05, 0.1) is 0 Å². The van der Waals surface area contributed by atoms with E-state index in [0.29, 0.717) is 5.69 Å². The van der Waals surface area contributed by atoms with Gasteiger partial charge >= 0.3 is 0 Å². The van der Waals surface area contributed by atoms with Crippen molar-refractivity contribution in [2.75, 3.05) is 11.9 Å². The van der Waals surface area contributed by atoms with Crippen LogP contribution in [0.2, 0.25) is 0 Å². The number of aryl methyl sites for hydroxylation is 2. The molecule has 2 aromatic rings. The molecule has 0 aliphatic rings. The lowest BCUT2D eigenvalue weighted by Gasteiger charge is -2.23. The van der Waals surface area contributed by atoms with E-state index >= 15 is 0 Å². The molecule has 0 unspecified atom stereocenters. The third-order valence-electron chi connectivity index (χ3n) is 3.38. The highest BCUT2D eigenvalue weighted by atomic mass is 19.1. The highest BCUT2D eigenvalue weighted by molar-refractivity contribution is 5.95. The molecule has 0 saturated carbocycles. The van der Waals surface area contributed by atoms with Crippen LogP contribution in [0.15, 0.2) is 30.3 Å². The van der Waals surface area contributed by atoms with Gasteiger partial charge in [-0.25, -0.2) is 8.78 Å². The fourth-order valence-corrected chi connectivity index (χ4v) is 2.34. The molecule has 0 aromatic heterocycles. The van der Waals surface area contributed by atoms with Crippen LogP contribution in [0, 0.1) is 30.9 Å². The molecule has 0 aliphatic heterocycles. The molecule has 0 aliphatic carbocycles. The van der Waals surface area contributed by atoms with E-state index in [0.717, 1.165) is 23.3 Å². The Morgan fingerprint density at radius 3 is 2.14 bits per heavy atom. The number of halogens is 2. The van der Waals surface area contributed by atoms with Crippen LogP contribution in [0.25, 0.3) is 0 Å². The summed E-state index contributed by atoms with van der Waals surface area (Å²) >= 11 is 0. The Bertz CT molecular complexity index is 688. The summed E-state index contributed by atoms with van der Waals surface area (Å²) in [7, 11) is 1.60. The first-order valence-electron chi connectivity index (χ1n) is 6.45. The fourth-order valence-electron chi connectivity index (χ4n) is 2.34. The predicted molar refractivity (Wildman–Crippen MR) is 81.4 cm³/mol. The van der Waals surface area contributed by atoms with Gasteiger partial charge in [0, 0.05) is 18.3 Å². The number of rotatable bonds is 3. The Morgan fingerprint density at radius 2 is 1.67 bits per heavy atom. The summed E-state index contributed by atoms with van der Waals surface area (Å²) in [6, 6.07) is 7.80. The first-order valence-corrected chi connectivity index (χ1v) is 6.45. The van der Waals surface area contributed by atoms with Crippen LogP contribution in [-0.2, 0) is 0 Å². The van der Waals surface area contributed by atoms with Crippen LogP contribution in [0.4, 0.5) is 20.2 Å². The number of nitrogens with one attached hydrogen (secondary N) is 1. The molecule has 0 spiro atoms. The number of nitrogens with zero attached hydrogens (tertiary/aromatic N) is 1. The highest BCUT2D eigenvalue weighted by Crippen LogP contribution is 2.32. The van der Waals surface area contributed by atoms with Gasteiger partial charge in [0.15, 0.2) is 11.6 Å². The zero-order chi connectivity index (χ0) is 15.7. The molecule has 0 bridgehead atoms. The Morgan fingerprint density at radius 1 is 1.10 bits per heavy atom. The lowest BCUT2D eigenvalue weighted by atomic mass is 10.1. The number of hydrogen-bond acceptors (Lipinski definition) is 2. The van der Waals surface area contributed by atoms with Gasteiger partial charge in [-0.1, -0.05) is 17.7 Å². The third-order valence-corrected chi connectivity index (χ3v) is 3.38. The zero-order valence-electron chi connectivity index (χ0n) is 12.2. The molecule has 5 heteroatoms. The van der Waals surface area contributed by atoms with Crippen molar-refractivity contribution in [1.82, 2.24) is 0 Å². The predicted octanol–water partition coefficient (Wildman–Crippen LogP) is 3.63. The summed E-state index contributed by atoms with van der Waals surface area (Å²) in [4.78, 5) is 1.46. The summed E-state index contributed by atoms with van der Waals surface area (Å²) in [5.41, 5.74) is 7.86. The van der Waals surface area contributed by atoms with Gasteiger partial charge in [0.25, 0.3) is 0 Å². The lowest BCUT2D eigenvalue weighted by Crippen LogP contribution is -2.17. The van der Waals surface area contributed by atoms with E-state index in [9.17, 15) is 8.78 Å². The zero-order valence-corrected chi connectivity index (χ0v) is 12.2. The van der Waals surface area contributed by atoms with E-state index in [-0.39, 0.29) is 17.1 Å². The molecule has 0 fully saturated rings. The van der Waals surface area contributed by atoms with Crippen molar-refractivity contribution in [2.24, 2.45) is 5.73 Å². The van der Waals surface area contributed by atoms with E-state index < -0.39 is 11.6 Å². The van der Waals surface area contributed by atoms with E-state index in [4.69, 9.17) is 11.1 Å². The maximum Gasteiger partial charge on any atom is 0.150 e. The number of amidine groups is 1. The second-order valence-electron chi connectivity index (χ2n) is 5.05. The van der Waals surface area contributed by atoms with E-state index in [1.165, 1.54) is 4.90 Å². The third kappa shape index (κ3) is 2.86. The number of benzene rings is 2. The topological polar surface area (TPSA) is 53.1 Å². The SMILES string of the molecule is Cc1ccc(N(C)c2c(F)cc(C(=N)N)cc2F)c(C)c1. The quantitative estimate of drug-likeness (QED) is 0.669. The van der Waals surface area contributed by atoms with Gasteiger partial charge in [-0.3, -0.25) is 5.41 Å². The van der Waals surface area contributed by atoms with Crippen molar-refractivity contribution in [3.05, 3.63) is 58.7 Å². The summed E-state index contributed by atoms with van der Waals surface area (Å²) < 4.78 is 28.4. The Hall–Kier alpha value is -2.43.